The molecule has 3 aromatic rings. The predicted molar refractivity (Wildman–Crippen MR) is 137 cm³/mol. The Kier molecular flexibility index (Phi) is 7.78. The monoisotopic (exact) mass is 592 g/mol. The minimum Gasteiger partial charge on any atom is -0.493 e. The molecule has 0 spiro atoms. The molecule has 1 aliphatic carbocycles. The van der Waals surface area contributed by atoms with Crippen LogP contribution in [0.4, 0.5) is 4.39 Å². The summed E-state index contributed by atoms with van der Waals surface area (Å²) in [5.74, 6) is -1.64. The maximum absolute atomic E-state index is 14.4. The molecule has 184 valence electrons. The van der Waals surface area contributed by atoms with Gasteiger partial charge in [-0.05, 0) is 55.0 Å². The van der Waals surface area contributed by atoms with Crippen molar-refractivity contribution in [3.05, 3.63) is 71.5 Å². The predicted octanol–water partition coefficient (Wildman–Crippen LogP) is 6.57. The van der Waals surface area contributed by atoms with Gasteiger partial charge in [-0.2, -0.15) is 0 Å². The lowest BCUT2D eigenvalue weighted by molar-refractivity contribution is -0.159. The van der Waals surface area contributed by atoms with Gasteiger partial charge in [0.1, 0.15) is 17.9 Å². The number of rotatable bonds is 7. The van der Waals surface area contributed by atoms with E-state index >= 15 is 0 Å². The summed E-state index contributed by atoms with van der Waals surface area (Å²) in [6.07, 6.45) is 2.13. The van der Waals surface area contributed by atoms with Crippen molar-refractivity contribution in [2.45, 2.75) is 45.3 Å². The largest absolute Gasteiger partial charge is 0.493 e. The molecule has 0 amide bonds. The summed E-state index contributed by atoms with van der Waals surface area (Å²) in [6.45, 7) is 2.13. The highest BCUT2D eigenvalue weighted by molar-refractivity contribution is 14.1. The lowest BCUT2D eigenvalue weighted by Crippen LogP contribution is -2.37. The van der Waals surface area contributed by atoms with Crippen LogP contribution in [0.3, 0.4) is 0 Å². The van der Waals surface area contributed by atoms with Crippen LogP contribution in [-0.4, -0.2) is 25.2 Å². The van der Waals surface area contributed by atoms with Crippen LogP contribution in [0, 0.1) is 11.2 Å². The second-order valence-corrected chi connectivity index (χ2v) is 9.38. The van der Waals surface area contributed by atoms with Crippen molar-refractivity contribution in [1.29, 1.82) is 0 Å². The molecule has 0 radical (unpaired) electrons. The number of methoxy groups -OCH3 is 1. The van der Waals surface area contributed by atoms with E-state index in [2.05, 4.69) is 3.07 Å². The average molecular weight is 592 g/mol. The van der Waals surface area contributed by atoms with Gasteiger partial charge in [0, 0.05) is 6.07 Å². The van der Waals surface area contributed by atoms with Gasteiger partial charge in [0.15, 0.2) is 34.6 Å². The van der Waals surface area contributed by atoms with Crippen LogP contribution < -0.4 is 9.47 Å². The fourth-order valence-corrected chi connectivity index (χ4v) is 4.75. The molecule has 0 unspecified atom stereocenters. The number of carbonyl (C=O) groups excluding carboxylic acids is 2. The summed E-state index contributed by atoms with van der Waals surface area (Å²) in [5, 5.41) is 2.18. The molecule has 0 atom stereocenters. The normalized spacial score (nSPS) is 19.7. The van der Waals surface area contributed by atoms with Crippen molar-refractivity contribution < 1.29 is 31.3 Å². The number of carbonyl (C=O) groups is 2. The van der Waals surface area contributed by atoms with Crippen LogP contribution in [0.25, 0.3) is 10.8 Å². The fourth-order valence-electron chi connectivity index (χ4n) is 4.52. The summed E-state index contributed by atoms with van der Waals surface area (Å²) in [6, 6.07) is 16.6. The number of halogens is 2. The molecule has 0 bridgehead atoms. The first-order valence-corrected chi connectivity index (χ1v) is 12.2. The number of fused-ring (bicyclic) bond motifs is 1. The molecule has 35 heavy (non-hydrogen) atoms. The molecular formula is C27H26FIO6. The highest BCUT2D eigenvalue weighted by atomic mass is 127. The first-order chi connectivity index (χ1) is 16.8. The second kappa shape index (κ2) is 10.8. The minimum atomic E-state index is -0.725. The van der Waals surface area contributed by atoms with Crippen molar-refractivity contribution in [2.75, 3.05) is 7.11 Å². The standard InChI is InChI=1S/C27H26FIO6/c1-27(26(31)33-16-18-8-5-7-17-6-3-4-9-21(17)18)12-10-19(11-13-27)34-20-14-22(25(30)35-29)24(32-2)23(28)15-20/h3-9,14-15,19H,10-13,16H2,1-2H3/t19-,27+. The lowest BCUT2D eigenvalue weighted by atomic mass is 9.74. The molecule has 1 saturated carbocycles. The fraction of sp³-hybridized carbons (Fsp3) is 0.333. The summed E-state index contributed by atoms with van der Waals surface area (Å²) in [5.41, 5.74) is 0.306. The maximum atomic E-state index is 14.4. The van der Waals surface area contributed by atoms with Gasteiger partial charge in [-0.1, -0.05) is 42.5 Å². The van der Waals surface area contributed by atoms with E-state index in [1.54, 1.807) is 0 Å². The van der Waals surface area contributed by atoms with E-state index in [0.29, 0.717) is 25.7 Å². The Hall–Kier alpha value is -2.88. The molecule has 1 fully saturated rings. The first-order valence-electron chi connectivity index (χ1n) is 11.4. The molecule has 0 aromatic heterocycles. The molecule has 1 aliphatic rings. The van der Waals surface area contributed by atoms with Crippen LogP contribution in [0.1, 0.15) is 48.5 Å². The van der Waals surface area contributed by atoms with Crippen molar-refractivity contribution in [1.82, 2.24) is 0 Å². The van der Waals surface area contributed by atoms with Gasteiger partial charge in [0.25, 0.3) is 0 Å². The number of hydrogen-bond acceptors (Lipinski definition) is 6. The van der Waals surface area contributed by atoms with Crippen LogP contribution in [0.5, 0.6) is 11.5 Å². The quantitative estimate of drug-likeness (QED) is 0.229. The Labute approximate surface area is 217 Å². The minimum absolute atomic E-state index is 0.0467. The van der Waals surface area contributed by atoms with E-state index in [4.69, 9.17) is 14.2 Å². The zero-order chi connectivity index (χ0) is 25.0. The Morgan fingerprint density at radius 2 is 1.80 bits per heavy atom. The summed E-state index contributed by atoms with van der Waals surface area (Å²) < 4.78 is 35.8. The lowest BCUT2D eigenvalue weighted by Gasteiger charge is -2.35. The van der Waals surface area contributed by atoms with Crippen LogP contribution in [0.2, 0.25) is 0 Å². The zero-order valence-corrected chi connectivity index (χ0v) is 21.7. The molecule has 3 aromatic carbocycles. The molecule has 0 saturated heterocycles. The van der Waals surface area contributed by atoms with Gasteiger partial charge in [-0.3, -0.25) is 4.79 Å². The summed E-state index contributed by atoms with van der Waals surface area (Å²) in [4.78, 5) is 25.0. The third-order valence-electron chi connectivity index (χ3n) is 6.58. The number of esters is 1. The topological polar surface area (TPSA) is 71.1 Å². The Morgan fingerprint density at radius 3 is 2.51 bits per heavy atom. The molecule has 6 nitrogen and oxygen atoms in total. The first kappa shape index (κ1) is 25.2. The van der Waals surface area contributed by atoms with Crippen LogP contribution >= 0.6 is 23.0 Å². The Bertz CT molecular complexity index is 1230. The van der Waals surface area contributed by atoms with Gasteiger partial charge >= 0.3 is 11.9 Å². The third-order valence-corrected chi connectivity index (χ3v) is 6.98. The van der Waals surface area contributed by atoms with E-state index in [-0.39, 0.29) is 35.7 Å². The van der Waals surface area contributed by atoms with Crippen LogP contribution in [-0.2, 0) is 19.2 Å². The van der Waals surface area contributed by atoms with Crippen molar-refractivity contribution in [3.63, 3.8) is 0 Å². The van der Waals surface area contributed by atoms with Gasteiger partial charge in [0.2, 0.25) is 0 Å². The van der Waals surface area contributed by atoms with Gasteiger partial charge in [-0.25, -0.2) is 9.18 Å². The van der Waals surface area contributed by atoms with Crippen molar-refractivity contribution >= 4 is 45.7 Å². The third kappa shape index (κ3) is 5.52. The van der Waals surface area contributed by atoms with E-state index in [9.17, 15) is 14.0 Å². The van der Waals surface area contributed by atoms with E-state index < -0.39 is 17.2 Å². The number of ether oxygens (including phenoxy) is 3. The van der Waals surface area contributed by atoms with Gasteiger partial charge < -0.3 is 17.3 Å². The number of hydrogen-bond donors (Lipinski definition) is 0. The SMILES string of the molecule is COc1c(F)cc(O[C@H]2CC[C@@](C)(C(=O)OCc3cccc4ccccc34)CC2)cc1C(=O)OI. The second-order valence-electron chi connectivity index (χ2n) is 8.94. The number of benzene rings is 3. The molecule has 0 N–H and O–H groups in total. The molecule has 8 heteroatoms. The average Bonchev–Trinajstić information content (AvgIpc) is 2.87. The van der Waals surface area contributed by atoms with Gasteiger partial charge in [-0.15, -0.1) is 0 Å². The van der Waals surface area contributed by atoms with E-state index in [0.717, 1.165) is 16.3 Å². The zero-order valence-electron chi connectivity index (χ0n) is 19.5. The van der Waals surface area contributed by atoms with Crippen molar-refractivity contribution in [2.24, 2.45) is 5.41 Å². The van der Waals surface area contributed by atoms with E-state index in [1.165, 1.54) is 42.2 Å². The smallest absolute Gasteiger partial charge is 0.351 e. The van der Waals surface area contributed by atoms with Crippen LogP contribution in [0.15, 0.2) is 54.6 Å². The Balaban J connectivity index is 1.37. The summed E-state index contributed by atoms with van der Waals surface area (Å²) >= 11 is 1.44. The van der Waals surface area contributed by atoms with Crippen molar-refractivity contribution in [3.8, 4) is 11.5 Å². The molecule has 0 aliphatic heterocycles. The molecule has 4 rings (SSSR count). The Morgan fingerprint density at radius 1 is 1.09 bits per heavy atom. The summed E-state index contributed by atoms with van der Waals surface area (Å²) in [7, 11) is 1.28. The van der Waals surface area contributed by atoms with Gasteiger partial charge in [0.05, 0.1) is 18.6 Å². The molecular weight excluding hydrogens is 566 g/mol. The maximum Gasteiger partial charge on any atom is 0.351 e. The highest BCUT2D eigenvalue weighted by Crippen LogP contribution is 2.39. The molecule has 0 heterocycles. The van der Waals surface area contributed by atoms with E-state index in [1.807, 2.05) is 49.4 Å². The highest BCUT2D eigenvalue weighted by Gasteiger charge is 2.39.